The van der Waals surface area contributed by atoms with Crippen LogP contribution in [0.4, 0.5) is 0 Å². The molecule has 0 saturated heterocycles. The fourth-order valence-electron chi connectivity index (χ4n) is 2.00. The van der Waals surface area contributed by atoms with Crippen LogP contribution < -0.4 is 0 Å². The average molecular weight is 248 g/mol. The molecule has 90 valence electrons. The summed E-state index contributed by atoms with van der Waals surface area (Å²) in [5.41, 5.74) is 1.09. The minimum Gasteiger partial charge on any atom is -0.285 e. The Bertz CT molecular complexity index is 703. The molecule has 4 nitrogen and oxygen atoms in total. The highest BCUT2D eigenvalue weighted by Crippen LogP contribution is 2.30. The molecule has 0 bridgehead atoms. The molecule has 0 aliphatic heterocycles. The van der Waals surface area contributed by atoms with Crippen molar-refractivity contribution in [3.63, 3.8) is 0 Å². The maximum absolute atomic E-state index is 11.5. The quantitative estimate of drug-likeness (QED) is 0.671. The molecular weight excluding hydrogens is 240 g/mol. The molecule has 1 aliphatic carbocycles. The Morgan fingerprint density at radius 3 is 1.68 bits per heavy atom. The van der Waals surface area contributed by atoms with Gasteiger partial charge >= 0.3 is 0 Å². The second kappa shape index (κ2) is 5.12. The summed E-state index contributed by atoms with van der Waals surface area (Å²) in [6.45, 7) is 0. The summed E-state index contributed by atoms with van der Waals surface area (Å²) in [6.07, 6.45) is 0. The zero-order valence-corrected chi connectivity index (χ0v) is 9.88. The lowest BCUT2D eigenvalue weighted by atomic mass is 10.1. The molecule has 0 amide bonds. The van der Waals surface area contributed by atoms with Crippen LogP contribution in [0.3, 0.4) is 0 Å². The van der Waals surface area contributed by atoms with Crippen LogP contribution in [0, 0.1) is 22.7 Å². The first-order valence-electron chi connectivity index (χ1n) is 5.55. The van der Waals surface area contributed by atoms with Gasteiger partial charge in [-0.25, -0.2) is 0 Å². The van der Waals surface area contributed by atoms with Gasteiger partial charge in [0, 0.05) is 16.5 Å². The first-order chi connectivity index (χ1) is 9.20. The molecular formula is C15H8N2O2. The van der Waals surface area contributed by atoms with Gasteiger partial charge in [-0.05, 0) is 5.39 Å². The van der Waals surface area contributed by atoms with Crippen molar-refractivity contribution >= 4 is 22.3 Å². The lowest BCUT2D eigenvalue weighted by molar-refractivity contribution is 0.0825. The summed E-state index contributed by atoms with van der Waals surface area (Å²) in [5, 5.41) is 17.0. The molecule has 4 heteroatoms. The number of ketones is 2. The number of benzene rings is 2. The summed E-state index contributed by atoms with van der Waals surface area (Å²) < 4.78 is 0. The van der Waals surface area contributed by atoms with Crippen molar-refractivity contribution in [3.8, 4) is 12.1 Å². The highest BCUT2D eigenvalue weighted by molar-refractivity contribution is 6.57. The van der Waals surface area contributed by atoms with Crippen molar-refractivity contribution in [2.45, 2.75) is 6.42 Å². The number of nitrogens with zero attached hydrogens (tertiary/aromatic N) is 2. The fraction of sp³-hybridized carbons (Fsp3) is 0.0667. The lowest BCUT2D eigenvalue weighted by Gasteiger charge is -1.97. The Morgan fingerprint density at radius 2 is 1.32 bits per heavy atom. The molecule has 0 fully saturated rings. The van der Waals surface area contributed by atoms with Crippen molar-refractivity contribution < 1.29 is 9.59 Å². The zero-order chi connectivity index (χ0) is 13.8. The molecule has 2 aromatic rings. The average Bonchev–Trinajstić information content (AvgIpc) is 2.69. The predicted molar refractivity (Wildman–Crippen MR) is 68.5 cm³/mol. The lowest BCUT2D eigenvalue weighted by Crippen LogP contribution is -2.05. The molecule has 1 aliphatic rings. The van der Waals surface area contributed by atoms with Crippen LogP contribution in [0.15, 0.2) is 36.4 Å². The minimum atomic E-state index is -0.378. The van der Waals surface area contributed by atoms with Gasteiger partial charge in [0.05, 0.1) is 12.1 Å². The van der Waals surface area contributed by atoms with E-state index >= 15 is 0 Å². The van der Waals surface area contributed by atoms with E-state index in [0.29, 0.717) is 11.1 Å². The Kier molecular flexibility index (Phi) is 3.36. The monoisotopic (exact) mass is 248 g/mol. The first-order valence-corrected chi connectivity index (χ1v) is 5.55. The third-order valence-corrected chi connectivity index (χ3v) is 2.76. The van der Waals surface area contributed by atoms with E-state index in [4.69, 9.17) is 10.5 Å². The van der Waals surface area contributed by atoms with Gasteiger partial charge in [-0.1, -0.05) is 36.4 Å². The van der Waals surface area contributed by atoms with Crippen molar-refractivity contribution in [3.05, 3.63) is 47.5 Å². The number of Topliss-reactive ketones (excluding diaryl/α,β-unsaturated/α-hetero) is 2. The summed E-state index contributed by atoms with van der Waals surface area (Å²) in [5.74, 6) is -0.756. The normalized spacial score (nSPS) is 11.5. The van der Waals surface area contributed by atoms with Gasteiger partial charge < -0.3 is 0 Å². The standard InChI is InChI=1S/C12H6O2.C3H2N2/c13-11-8-5-1-3-7-4-2-6-9(10(7)8)12(11)14;4-2-1-3-5/h1-6H;1H2. The maximum atomic E-state index is 11.5. The summed E-state index contributed by atoms with van der Waals surface area (Å²) in [4.78, 5) is 23.1. The Labute approximate surface area is 109 Å². The molecule has 0 spiro atoms. The predicted octanol–water partition coefficient (Wildman–Crippen LogP) is 2.64. The Morgan fingerprint density at radius 1 is 0.842 bits per heavy atom. The second-order valence-corrected chi connectivity index (χ2v) is 3.86. The van der Waals surface area contributed by atoms with Crippen LogP contribution in [0.1, 0.15) is 27.1 Å². The number of carbonyl (C=O) groups is 2. The van der Waals surface area contributed by atoms with E-state index in [1.54, 1.807) is 36.4 Å². The highest BCUT2D eigenvalue weighted by atomic mass is 16.2. The first kappa shape index (κ1) is 12.5. The molecule has 0 atom stereocenters. The zero-order valence-electron chi connectivity index (χ0n) is 9.88. The van der Waals surface area contributed by atoms with Crippen LogP contribution in [-0.2, 0) is 0 Å². The largest absolute Gasteiger partial charge is 0.285 e. The van der Waals surface area contributed by atoms with Crippen LogP contribution in [0.2, 0.25) is 0 Å². The second-order valence-electron chi connectivity index (χ2n) is 3.86. The van der Waals surface area contributed by atoms with E-state index in [-0.39, 0.29) is 18.0 Å². The van der Waals surface area contributed by atoms with Gasteiger partial charge in [0.2, 0.25) is 11.6 Å². The number of hydrogen-bond donors (Lipinski definition) is 0. The topological polar surface area (TPSA) is 81.7 Å². The number of carbonyl (C=O) groups excluding carboxylic acids is 2. The molecule has 0 unspecified atom stereocenters. The van der Waals surface area contributed by atoms with Gasteiger partial charge in [-0.15, -0.1) is 0 Å². The summed E-state index contributed by atoms with van der Waals surface area (Å²) in [6, 6.07) is 14.2. The van der Waals surface area contributed by atoms with Gasteiger partial charge in [-0.2, -0.15) is 10.5 Å². The highest BCUT2D eigenvalue weighted by Gasteiger charge is 2.29. The van der Waals surface area contributed by atoms with Crippen LogP contribution in [0.25, 0.3) is 10.8 Å². The van der Waals surface area contributed by atoms with E-state index in [1.165, 1.54) is 0 Å². The number of rotatable bonds is 0. The third kappa shape index (κ3) is 2.08. The van der Waals surface area contributed by atoms with Gasteiger partial charge in [0.15, 0.2) is 0 Å². The molecule has 0 radical (unpaired) electrons. The van der Waals surface area contributed by atoms with Crippen LogP contribution >= 0.6 is 0 Å². The third-order valence-electron chi connectivity index (χ3n) is 2.76. The summed E-state index contributed by atoms with van der Waals surface area (Å²) in [7, 11) is 0. The van der Waals surface area contributed by atoms with Gasteiger partial charge in [0.25, 0.3) is 0 Å². The molecule has 0 N–H and O–H groups in total. The molecule has 0 heterocycles. The van der Waals surface area contributed by atoms with E-state index in [2.05, 4.69) is 0 Å². The molecule has 3 rings (SSSR count). The van der Waals surface area contributed by atoms with Gasteiger partial charge in [0.1, 0.15) is 6.42 Å². The van der Waals surface area contributed by atoms with Crippen molar-refractivity contribution in [1.82, 2.24) is 0 Å². The molecule has 19 heavy (non-hydrogen) atoms. The van der Waals surface area contributed by atoms with E-state index in [0.717, 1.165) is 10.8 Å². The van der Waals surface area contributed by atoms with E-state index in [9.17, 15) is 9.59 Å². The smallest absolute Gasteiger partial charge is 0.234 e. The van der Waals surface area contributed by atoms with Gasteiger partial charge in [-0.3, -0.25) is 9.59 Å². The Balaban J connectivity index is 0.000000232. The molecule has 0 saturated carbocycles. The fourth-order valence-corrected chi connectivity index (χ4v) is 2.00. The van der Waals surface area contributed by atoms with Crippen LogP contribution in [-0.4, -0.2) is 11.6 Å². The number of hydrogen-bond acceptors (Lipinski definition) is 4. The van der Waals surface area contributed by atoms with Crippen molar-refractivity contribution in [2.75, 3.05) is 0 Å². The van der Waals surface area contributed by atoms with Crippen LogP contribution in [0.5, 0.6) is 0 Å². The minimum absolute atomic E-state index is 0. The van der Waals surface area contributed by atoms with Crippen molar-refractivity contribution in [1.29, 1.82) is 10.5 Å². The van der Waals surface area contributed by atoms with E-state index in [1.807, 2.05) is 12.1 Å². The van der Waals surface area contributed by atoms with E-state index < -0.39 is 0 Å². The number of nitriles is 2. The van der Waals surface area contributed by atoms with Crippen molar-refractivity contribution in [2.24, 2.45) is 0 Å². The SMILES string of the molecule is N#CCC#N.O=C1C(=O)c2cccc3cccc1c23. The molecule has 2 aromatic carbocycles. The summed E-state index contributed by atoms with van der Waals surface area (Å²) >= 11 is 0. The molecule has 0 aromatic heterocycles. The maximum Gasteiger partial charge on any atom is 0.234 e. The Hall–Kier alpha value is -2.98.